The third kappa shape index (κ3) is 4.84. The molecule has 0 saturated carbocycles. The van der Waals surface area contributed by atoms with Gasteiger partial charge >= 0.3 is 0 Å². The van der Waals surface area contributed by atoms with E-state index in [-0.39, 0.29) is 17.6 Å². The van der Waals surface area contributed by atoms with Crippen LogP contribution in [0.2, 0.25) is 0 Å². The number of amides is 2. The highest BCUT2D eigenvalue weighted by atomic mass is 19.1. The first-order chi connectivity index (χ1) is 13.1. The van der Waals surface area contributed by atoms with Crippen LogP contribution in [0.3, 0.4) is 0 Å². The highest BCUT2D eigenvalue weighted by Crippen LogP contribution is 2.27. The van der Waals surface area contributed by atoms with Crippen LogP contribution < -0.4 is 15.5 Å². The van der Waals surface area contributed by atoms with Crippen LogP contribution >= 0.6 is 0 Å². The summed E-state index contributed by atoms with van der Waals surface area (Å²) in [6.45, 7) is 3.92. The Labute approximate surface area is 158 Å². The summed E-state index contributed by atoms with van der Waals surface area (Å²) in [5.41, 5.74) is 2.84. The van der Waals surface area contributed by atoms with E-state index in [0.717, 1.165) is 37.2 Å². The second kappa shape index (κ2) is 8.66. The molecule has 1 saturated heterocycles. The minimum atomic E-state index is -0.305. The van der Waals surface area contributed by atoms with Gasteiger partial charge < -0.3 is 15.5 Å². The summed E-state index contributed by atoms with van der Waals surface area (Å²) in [4.78, 5) is 26.7. The summed E-state index contributed by atoms with van der Waals surface area (Å²) in [5.74, 6) is -0.615. The fourth-order valence-electron chi connectivity index (χ4n) is 3.16. The fraction of sp³-hybridized carbons (Fsp3) is 0.333. The summed E-state index contributed by atoms with van der Waals surface area (Å²) in [6, 6.07) is 11.5. The average molecular weight is 369 g/mol. The van der Waals surface area contributed by atoms with Crippen LogP contribution in [-0.4, -0.2) is 24.9 Å². The van der Waals surface area contributed by atoms with E-state index in [1.54, 1.807) is 25.1 Å². The molecule has 0 aliphatic carbocycles. The number of rotatable bonds is 6. The second-order valence-electron chi connectivity index (χ2n) is 6.64. The van der Waals surface area contributed by atoms with Crippen molar-refractivity contribution in [2.24, 2.45) is 0 Å². The van der Waals surface area contributed by atoms with Gasteiger partial charge in [0.15, 0.2) is 0 Å². The number of carbonyl (C=O) groups excluding carboxylic acids is 2. The molecule has 0 atom stereocenters. The number of anilines is 2. The zero-order valence-corrected chi connectivity index (χ0v) is 15.4. The lowest BCUT2D eigenvalue weighted by Gasteiger charge is -2.22. The van der Waals surface area contributed by atoms with Gasteiger partial charge in [-0.1, -0.05) is 19.1 Å². The van der Waals surface area contributed by atoms with E-state index in [1.807, 2.05) is 12.1 Å². The van der Waals surface area contributed by atoms with Gasteiger partial charge in [-0.25, -0.2) is 4.39 Å². The molecule has 6 heteroatoms. The number of nitrogens with one attached hydrogen (secondary N) is 2. The van der Waals surface area contributed by atoms with Crippen LogP contribution in [0.5, 0.6) is 0 Å². The quantitative estimate of drug-likeness (QED) is 0.816. The molecule has 0 aromatic heterocycles. The maximum Gasteiger partial charge on any atom is 0.253 e. The summed E-state index contributed by atoms with van der Waals surface area (Å²) in [6.07, 6.45) is 2.58. The molecular weight excluding hydrogens is 345 g/mol. The Balaban J connectivity index is 1.80. The van der Waals surface area contributed by atoms with Crippen molar-refractivity contribution in [3.05, 3.63) is 59.4 Å². The zero-order chi connectivity index (χ0) is 19.2. The normalized spacial score (nSPS) is 13.5. The van der Waals surface area contributed by atoms with Gasteiger partial charge in [-0.15, -0.1) is 0 Å². The van der Waals surface area contributed by atoms with Crippen LogP contribution in [0, 0.1) is 5.82 Å². The van der Waals surface area contributed by atoms with E-state index in [1.165, 1.54) is 12.1 Å². The highest BCUT2D eigenvalue weighted by Gasteiger charge is 2.20. The zero-order valence-electron chi connectivity index (χ0n) is 15.4. The van der Waals surface area contributed by atoms with Crippen molar-refractivity contribution >= 4 is 23.2 Å². The Hall–Kier alpha value is -2.89. The first kappa shape index (κ1) is 18.9. The molecule has 2 N–H and O–H groups in total. The molecule has 0 bridgehead atoms. The number of benzene rings is 2. The largest absolute Gasteiger partial charge is 0.371 e. The summed E-state index contributed by atoms with van der Waals surface area (Å²) >= 11 is 0. The van der Waals surface area contributed by atoms with Gasteiger partial charge in [0.1, 0.15) is 5.82 Å². The third-order valence-electron chi connectivity index (χ3n) is 4.66. The van der Waals surface area contributed by atoms with Crippen LogP contribution in [-0.2, 0) is 11.3 Å². The van der Waals surface area contributed by atoms with Gasteiger partial charge in [0.25, 0.3) is 5.91 Å². The SMILES string of the molecule is CCC(=O)Nc1ccc(N2CCCC2)c(C(=O)NCc2ccc(F)cc2)c1. The van der Waals surface area contributed by atoms with Gasteiger partial charge in [-0.3, -0.25) is 9.59 Å². The number of carbonyl (C=O) groups is 2. The van der Waals surface area contributed by atoms with Crippen molar-refractivity contribution in [1.29, 1.82) is 0 Å². The topological polar surface area (TPSA) is 61.4 Å². The maximum absolute atomic E-state index is 13.0. The molecule has 1 aliphatic heterocycles. The first-order valence-electron chi connectivity index (χ1n) is 9.28. The molecule has 2 aromatic carbocycles. The Kier molecular flexibility index (Phi) is 6.06. The molecule has 1 heterocycles. The van der Waals surface area contributed by atoms with Crippen LogP contribution in [0.4, 0.5) is 15.8 Å². The second-order valence-corrected chi connectivity index (χ2v) is 6.64. The molecule has 3 rings (SSSR count). The van der Waals surface area contributed by atoms with Crippen molar-refractivity contribution in [2.45, 2.75) is 32.7 Å². The molecule has 1 aliphatic rings. The Morgan fingerprint density at radius 3 is 2.44 bits per heavy atom. The van der Waals surface area contributed by atoms with E-state index in [4.69, 9.17) is 0 Å². The molecule has 27 heavy (non-hydrogen) atoms. The van der Waals surface area contributed by atoms with Gasteiger partial charge in [0.05, 0.1) is 5.56 Å². The molecule has 1 fully saturated rings. The van der Waals surface area contributed by atoms with E-state index < -0.39 is 0 Å². The lowest BCUT2D eigenvalue weighted by atomic mass is 10.1. The Bertz CT molecular complexity index is 815. The van der Waals surface area contributed by atoms with Crippen LogP contribution in [0.25, 0.3) is 0 Å². The van der Waals surface area contributed by atoms with Gasteiger partial charge in [0.2, 0.25) is 5.91 Å². The van der Waals surface area contributed by atoms with E-state index in [2.05, 4.69) is 15.5 Å². The van der Waals surface area contributed by atoms with Gasteiger partial charge in [-0.05, 0) is 48.7 Å². The molecule has 0 unspecified atom stereocenters. The molecule has 5 nitrogen and oxygen atoms in total. The number of hydrogen-bond donors (Lipinski definition) is 2. The summed E-state index contributed by atoms with van der Waals surface area (Å²) in [5, 5.41) is 5.70. The maximum atomic E-state index is 13.0. The van der Waals surface area contributed by atoms with Crippen molar-refractivity contribution in [3.63, 3.8) is 0 Å². The Morgan fingerprint density at radius 2 is 1.78 bits per heavy atom. The molecular formula is C21H24FN3O2. The van der Waals surface area contributed by atoms with Gasteiger partial charge in [0, 0.05) is 37.4 Å². The number of hydrogen-bond acceptors (Lipinski definition) is 3. The first-order valence-corrected chi connectivity index (χ1v) is 9.28. The third-order valence-corrected chi connectivity index (χ3v) is 4.66. The number of nitrogens with zero attached hydrogens (tertiary/aromatic N) is 1. The lowest BCUT2D eigenvalue weighted by Crippen LogP contribution is -2.27. The minimum absolute atomic E-state index is 0.0957. The molecule has 0 radical (unpaired) electrons. The van der Waals surface area contributed by atoms with E-state index in [0.29, 0.717) is 24.2 Å². The standard InChI is InChI=1S/C21H24FN3O2/c1-2-20(26)24-17-9-10-19(25-11-3-4-12-25)18(13-17)21(27)23-14-15-5-7-16(22)8-6-15/h5-10,13H,2-4,11-12,14H2,1H3,(H,23,27)(H,24,26). The monoisotopic (exact) mass is 369 g/mol. The van der Waals surface area contributed by atoms with Crippen LogP contribution in [0.1, 0.15) is 42.1 Å². The van der Waals surface area contributed by atoms with E-state index >= 15 is 0 Å². The predicted molar refractivity (Wildman–Crippen MR) is 104 cm³/mol. The highest BCUT2D eigenvalue weighted by molar-refractivity contribution is 6.02. The van der Waals surface area contributed by atoms with E-state index in [9.17, 15) is 14.0 Å². The molecule has 2 aromatic rings. The Morgan fingerprint density at radius 1 is 1.07 bits per heavy atom. The minimum Gasteiger partial charge on any atom is -0.371 e. The molecule has 2 amide bonds. The fourth-order valence-corrected chi connectivity index (χ4v) is 3.16. The van der Waals surface area contributed by atoms with Crippen molar-refractivity contribution in [2.75, 3.05) is 23.3 Å². The number of halogens is 1. The predicted octanol–water partition coefficient (Wildman–Crippen LogP) is 3.70. The van der Waals surface area contributed by atoms with Crippen molar-refractivity contribution < 1.29 is 14.0 Å². The molecule has 0 spiro atoms. The summed E-state index contributed by atoms with van der Waals surface area (Å²) < 4.78 is 13.0. The smallest absolute Gasteiger partial charge is 0.253 e. The lowest BCUT2D eigenvalue weighted by molar-refractivity contribution is -0.115. The summed E-state index contributed by atoms with van der Waals surface area (Å²) in [7, 11) is 0. The van der Waals surface area contributed by atoms with Gasteiger partial charge in [-0.2, -0.15) is 0 Å². The molecule has 142 valence electrons. The van der Waals surface area contributed by atoms with Crippen LogP contribution in [0.15, 0.2) is 42.5 Å². The average Bonchev–Trinajstić information content (AvgIpc) is 3.21. The van der Waals surface area contributed by atoms with Crippen molar-refractivity contribution in [1.82, 2.24) is 5.32 Å². The van der Waals surface area contributed by atoms with Crippen molar-refractivity contribution in [3.8, 4) is 0 Å².